The summed E-state index contributed by atoms with van der Waals surface area (Å²) in [4.78, 5) is 123. The molecule has 0 radical (unpaired) electrons. The predicted octanol–water partition coefficient (Wildman–Crippen LogP) is -4.95. The Morgan fingerprint density at radius 2 is 1.32 bits per heavy atom. The molecule has 1 atom stereocenters. The van der Waals surface area contributed by atoms with Crippen LogP contribution in [0.4, 0.5) is 16.4 Å². The van der Waals surface area contributed by atoms with E-state index in [1.165, 1.54) is 15.8 Å². The third kappa shape index (κ3) is 20.9. The number of H-pyrrole nitrogens is 1. The van der Waals surface area contributed by atoms with Gasteiger partial charge in [0.2, 0.25) is 35.5 Å². The van der Waals surface area contributed by atoms with Gasteiger partial charge in [0.15, 0.2) is 11.2 Å². The maximum absolute atomic E-state index is 13.7. The molecule has 1 unspecified atom stereocenters. The molecule has 2 aromatic heterocycles. The molecule has 1 aromatic carbocycles. The van der Waals surface area contributed by atoms with Gasteiger partial charge >= 0.3 is 6.09 Å². The summed E-state index contributed by atoms with van der Waals surface area (Å²) in [5.41, 5.74) is 23.2. The van der Waals surface area contributed by atoms with Crippen LogP contribution < -0.4 is 55.1 Å². The summed E-state index contributed by atoms with van der Waals surface area (Å²) < 4.78 is 6.61. The van der Waals surface area contributed by atoms with E-state index in [9.17, 15) is 38.4 Å². The number of imidazole rings is 1. The number of carbonyl (C=O) groups excluding carboxylic acids is 7. The molecule has 27 heteroatoms. The fraction of sp³-hybridized carbons (Fsp3) is 0.600. The van der Waals surface area contributed by atoms with Gasteiger partial charge in [-0.1, -0.05) is 12.1 Å². The highest BCUT2D eigenvalue weighted by molar-refractivity contribution is 5.86. The number of aldehydes is 1. The zero-order chi connectivity index (χ0) is 52.6. The first-order valence-electron chi connectivity index (χ1n) is 24.0. The summed E-state index contributed by atoms with van der Waals surface area (Å²) in [7, 11) is 0. The van der Waals surface area contributed by atoms with Crippen molar-refractivity contribution >= 4 is 64.7 Å². The lowest BCUT2D eigenvalue weighted by Gasteiger charge is -2.38. The molecule has 14 N–H and O–H groups in total. The Balaban J connectivity index is 1.46. The quantitative estimate of drug-likeness (QED) is 0.0228. The zero-order valence-corrected chi connectivity index (χ0v) is 41.7. The first-order valence-corrected chi connectivity index (χ1v) is 24.0. The number of amides is 6. The molecule has 3 aromatic rings. The molecule has 0 saturated carbocycles. The second-order valence-corrected chi connectivity index (χ2v) is 18.3. The predicted molar refractivity (Wildman–Crippen MR) is 269 cm³/mol. The van der Waals surface area contributed by atoms with Crippen molar-refractivity contribution in [2.24, 2.45) is 11.5 Å². The Hall–Kier alpha value is -6.78. The van der Waals surface area contributed by atoms with Gasteiger partial charge < -0.3 is 68.5 Å². The number of fused-ring (bicyclic) bond motifs is 1. The van der Waals surface area contributed by atoms with E-state index in [0.29, 0.717) is 77.6 Å². The largest absolute Gasteiger partial charge is 0.444 e. The number of hydrogen-bond donors (Lipinski definition) is 10. The topological polar surface area (TPSA) is 373 Å². The second kappa shape index (κ2) is 29.5. The minimum Gasteiger partial charge on any atom is -0.444 e. The third-order valence-corrected chi connectivity index (χ3v) is 11.3. The fourth-order valence-electron chi connectivity index (χ4n) is 7.73. The molecule has 6 amide bonds. The van der Waals surface area contributed by atoms with E-state index in [-0.39, 0.29) is 106 Å². The number of ether oxygens (including phenoxy) is 1. The monoisotopic (exact) mass is 1010 g/mol. The lowest BCUT2D eigenvalue weighted by Crippen LogP contribution is -2.54. The van der Waals surface area contributed by atoms with E-state index in [1.54, 1.807) is 32.9 Å². The minimum atomic E-state index is -0.769. The summed E-state index contributed by atoms with van der Waals surface area (Å²) in [5.74, 6) is -2.06. The lowest BCUT2D eigenvalue weighted by molar-refractivity contribution is -0.136. The Labute approximate surface area is 418 Å². The number of carbonyl (C=O) groups is 7. The van der Waals surface area contributed by atoms with Gasteiger partial charge in [-0.05, 0) is 44.9 Å². The number of nitrogens with two attached hydrogens (primary N) is 4. The maximum Gasteiger partial charge on any atom is 0.407 e. The Bertz CT molecular complexity index is 2300. The Morgan fingerprint density at radius 3 is 1.90 bits per heavy atom. The zero-order valence-electron chi connectivity index (χ0n) is 41.7. The molecule has 398 valence electrons. The van der Waals surface area contributed by atoms with Gasteiger partial charge in [0.05, 0.1) is 39.1 Å². The standard InChI is InChI=1S/C45H74N18O9/c1-45(2,3)72-44(71)54-14-15-62(39(69)30-63-31-55-40-41(63)56-43(49)57-42(40)70)29-38(68)53-13-12-52-37(67)28-60-19-18-58(26-35(65)50-10-8-46)16-17-59(27-36(66)51-11-9-47)20-21-61(22-23-64)34(25-60)24-32-4-6-33(48)7-5-32/h4-7,23,31,34H,8-22,24-30,46-48H2,1-3H3,(H,50,65)(H,51,66)(H,52,67)(H,53,68)(H,54,71)(H3,49,56,57,70). The number of aromatic nitrogens is 4. The normalized spacial score (nSPS) is 15.7. The molecule has 0 spiro atoms. The van der Waals surface area contributed by atoms with Gasteiger partial charge in [0, 0.05) is 110 Å². The number of nitrogens with one attached hydrogen (secondary N) is 6. The molecule has 1 saturated heterocycles. The van der Waals surface area contributed by atoms with Crippen molar-refractivity contribution in [1.29, 1.82) is 0 Å². The van der Waals surface area contributed by atoms with E-state index in [1.807, 2.05) is 31.7 Å². The average Bonchev–Trinajstić information content (AvgIpc) is 3.72. The highest BCUT2D eigenvalue weighted by Gasteiger charge is 2.27. The Kier molecular flexibility index (Phi) is 23.7. The van der Waals surface area contributed by atoms with Crippen molar-refractivity contribution in [1.82, 2.24) is 70.6 Å². The van der Waals surface area contributed by atoms with Gasteiger partial charge in [0.25, 0.3) is 5.56 Å². The molecule has 4 rings (SSSR count). The van der Waals surface area contributed by atoms with E-state index in [2.05, 4.69) is 41.5 Å². The SMILES string of the molecule is CC(C)(C)OC(=O)NCCN(CC(=O)NCCNC(=O)CN1CCN(CC(=O)NCCN)CCN(CC(=O)NCCN)CCN(CC=O)C(Cc2ccc(N)cc2)C1)C(=O)Cn1cnc2c(=O)[nH]c(N)nc21. The van der Waals surface area contributed by atoms with Crippen LogP contribution in [0.2, 0.25) is 0 Å². The summed E-state index contributed by atoms with van der Waals surface area (Å²) >= 11 is 0. The summed E-state index contributed by atoms with van der Waals surface area (Å²) in [6.07, 6.45) is 1.88. The second-order valence-electron chi connectivity index (χ2n) is 18.3. The number of anilines is 2. The summed E-state index contributed by atoms with van der Waals surface area (Å²) in [6, 6.07) is 7.15. The number of nitrogen functional groups attached to an aromatic ring is 2. The smallest absolute Gasteiger partial charge is 0.407 e. The summed E-state index contributed by atoms with van der Waals surface area (Å²) in [5, 5.41) is 13.8. The highest BCUT2D eigenvalue weighted by atomic mass is 16.6. The van der Waals surface area contributed by atoms with Crippen molar-refractivity contribution in [3.63, 3.8) is 0 Å². The van der Waals surface area contributed by atoms with Crippen LogP contribution in [-0.4, -0.2) is 228 Å². The fourth-order valence-corrected chi connectivity index (χ4v) is 7.73. The van der Waals surface area contributed by atoms with Gasteiger partial charge in [-0.2, -0.15) is 4.98 Å². The van der Waals surface area contributed by atoms with Gasteiger partial charge in [0.1, 0.15) is 18.4 Å². The molecule has 1 aliphatic rings. The minimum absolute atomic E-state index is 0.000203. The molecular weight excluding hydrogens is 937 g/mol. The van der Waals surface area contributed by atoms with E-state index >= 15 is 0 Å². The lowest BCUT2D eigenvalue weighted by atomic mass is 10.0. The molecule has 1 aliphatic heterocycles. The van der Waals surface area contributed by atoms with Crippen molar-refractivity contribution in [2.75, 3.05) is 142 Å². The van der Waals surface area contributed by atoms with Crippen molar-refractivity contribution < 1.29 is 38.3 Å². The number of benzene rings is 1. The van der Waals surface area contributed by atoms with E-state index < -0.39 is 35.6 Å². The van der Waals surface area contributed by atoms with Crippen LogP contribution >= 0.6 is 0 Å². The van der Waals surface area contributed by atoms with Crippen molar-refractivity contribution in [2.45, 2.75) is 45.4 Å². The van der Waals surface area contributed by atoms with Crippen molar-refractivity contribution in [3.05, 3.63) is 46.5 Å². The van der Waals surface area contributed by atoms with Crippen LogP contribution in [0.5, 0.6) is 0 Å². The maximum atomic E-state index is 13.7. The number of nitrogens with zero attached hydrogens (tertiary/aromatic N) is 8. The molecule has 0 bridgehead atoms. The van der Waals surface area contributed by atoms with Gasteiger partial charge in [-0.15, -0.1) is 0 Å². The summed E-state index contributed by atoms with van der Waals surface area (Å²) in [6.45, 7) is 8.30. The van der Waals surface area contributed by atoms with Crippen LogP contribution in [0.25, 0.3) is 11.2 Å². The van der Waals surface area contributed by atoms with Gasteiger partial charge in [-0.3, -0.25) is 53.4 Å². The van der Waals surface area contributed by atoms with E-state index in [0.717, 1.165) is 11.8 Å². The molecule has 0 aliphatic carbocycles. The first-order chi connectivity index (χ1) is 34.4. The molecule has 3 heterocycles. The average molecular weight is 1010 g/mol. The molecule has 27 nitrogen and oxygen atoms in total. The first kappa shape index (κ1) is 57.8. The van der Waals surface area contributed by atoms with Crippen LogP contribution in [0, 0.1) is 0 Å². The van der Waals surface area contributed by atoms with E-state index in [4.69, 9.17) is 27.7 Å². The number of rotatable bonds is 24. The number of hydrogen-bond acceptors (Lipinski definition) is 19. The van der Waals surface area contributed by atoms with Crippen LogP contribution in [-0.2, 0) is 46.5 Å². The number of alkyl carbamates (subject to hydrolysis) is 1. The highest BCUT2D eigenvalue weighted by Crippen LogP contribution is 2.15. The number of aromatic amines is 1. The molecular formula is C45H74N18O9. The van der Waals surface area contributed by atoms with Crippen LogP contribution in [0.1, 0.15) is 26.3 Å². The van der Waals surface area contributed by atoms with Crippen LogP contribution in [0.3, 0.4) is 0 Å². The van der Waals surface area contributed by atoms with Crippen LogP contribution in [0.15, 0.2) is 35.4 Å². The van der Waals surface area contributed by atoms with Gasteiger partial charge in [-0.25, -0.2) is 9.78 Å². The molecule has 72 heavy (non-hydrogen) atoms. The third-order valence-electron chi connectivity index (χ3n) is 11.3. The Morgan fingerprint density at radius 1 is 0.764 bits per heavy atom. The van der Waals surface area contributed by atoms with Crippen molar-refractivity contribution in [3.8, 4) is 0 Å². The molecule has 1 fully saturated rings.